The fraction of sp³-hybridized carbons (Fsp3) is 0.208. The molecule has 0 atom stereocenters. The molecule has 0 aliphatic carbocycles. The third kappa shape index (κ3) is 7.55. The molecule has 0 saturated carbocycles. The number of carbonyl (C=O) groups excluding carboxylic acids is 1. The van der Waals surface area contributed by atoms with Crippen LogP contribution in [0.5, 0.6) is 5.75 Å². The minimum absolute atomic E-state index is 0.107. The summed E-state index contributed by atoms with van der Waals surface area (Å²) in [4.78, 5) is 12.5. The third-order valence-corrected chi connectivity index (χ3v) is 8.10. The molecule has 0 radical (unpaired) electrons. The quantitative estimate of drug-likeness (QED) is 0.358. The lowest BCUT2D eigenvalue weighted by molar-refractivity contribution is -0.137. The number of anilines is 3. The first-order valence-electron chi connectivity index (χ1n) is 10.9. The second-order valence-corrected chi connectivity index (χ2v) is 12.3. The van der Waals surface area contributed by atoms with Gasteiger partial charge in [-0.05, 0) is 67.1 Å². The van der Waals surface area contributed by atoms with Crippen molar-refractivity contribution in [2.24, 2.45) is 0 Å². The van der Waals surface area contributed by atoms with E-state index in [0.29, 0.717) is 28.4 Å². The molecule has 0 aliphatic rings. The van der Waals surface area contributed by atoms with Crippen LogP contribution in [0.3, 0.4) is 0 Å². The highest BCUT2D eigenvalue weighted by Crippen LogP contribution is 2.36. The van der Waals surface area contributed by atoms with Gasteiger partial charge in [-0.25, -0.2) is 16.8 Å². The molecule has 1 amide bonds. The Labute approximate surface area is 228 Å². The summed E-state index contributed by atoms with van der Waals surface area (Å²) < 4.78 is 97.9. The zero-order chi connectivity index (χ0) is 29.2. The first kappa shape index (κ1) is 30.1. The molecule has 0 aromatic heterocycles. The van der Waals surface area contributed by atoms with Gasteiger partial charge in [-0.3, -0.25) is 13.8 Å². The zero-order valence-electron chi connectivity index (χ0n) is 20.7. The molecule has 0 spiro atoms. The summed E-state index contributed by atoms with van der Waals surface area (Å²) in [6.45, 7) is 0.884. The molecule has 9 nitrogen and oxygen atoms in total. The van der Waals surface area contributed by atoms with Crippen LogP contribution < -0.4 is 19.1 Å². The number of ether oxygens (including phenoxy) is 1. The molecule has 3 rings (SSSR count). The lowest BCUT2D eigenvalue weighted by Crippen LogP contribution is -2.37. The van der Waals surface area contributed by atoms with Crippen molar-refractivity contribution in [2.45, 2.75) is 18.0 Å². The van der Waals surface area contributed by atoms with Crippen molar-refractivity contribution >= 4 is 54.6 Å². The number of rotatable bonds is 9. The van der Waals surface area contributed by atoms with E-state index in [4.69, 9.17) is 16.3 Å². The van der Waals surface area contributed by atoms with Gasteiger partial charge in [0, 0.05) is 5.69 Å². The van der Waals surface area contributed by atoms with Crippen LogP contribution in [0.1, 0.15) is 11.1 Å². The number of amides is 1. The summed E-state index contributed by atoms with van der Waals surface area (Å²) in [6.07, 6.45) is -4.06. The van der Waals surface area contributed by atoms with E-state index in [2.05, 4.69) is 10.0 Å². The molecule has 15 heteroatoms. The second-order valence-electron chi connectivity index (χ2n) is 8.32. The molecule has 0 unspecified atom stereocenters. The Kier molecular flexibility index (Phi) is 8.72. The molecule has 0 saturated heterocycles. The fourth-order valence-electron chi connectivity index (χ4n) is 3.41. The molecule has 0 fully saturated rings. The van der Waals surface area contributed by atoms with Gasteiger partial charge in [0.05, 0.1) is 40.2 Å². The minimum Gasteiger partial charge on any atom is -0.495 e. The van der Waals surface area contributed by atoms with E-state index in [-0.39, 0.29) is 21.3 Å². The van der Waals surface area contributed by atoms with Crippen LogP contribution in [0.4, 0.5) is 30.2 Å². The van der Waals surface area contributed by atoms with Gasteiger partial charge < -0.3 is 10.1 Å². The van der Waals surface area contributed by atoms with Crippen LogP contribution in [-0.4, -0.2) is 42.7 Å². The number of hydrogen-bond acceptors (Lipinski definition) is 6. The summed E-state index contributed by atoms with van der Waals surface area (Å²) in [5.41, 5.74) is -0.548. The number of sulfonamides is 2. The van der Waals surface area contributed by atoms with Gasteiger partial charge in [0.25, 0.3) is 10.0 Å². The van der Waals surface area contributed by atoms with Crippen molar-refractivity contribution in [1.82, 2.24) is 0 Å². The molecule has 3 aromatic rings. The van der Waals surface area contributed by atoms with Crippen LogP contribution >= 0.6 is 11.6 Å². The Morgan fingerprint density at radius 1 is 1.00 bits per heavy atom. The largest absolute Gasteiger partial charge is 0.495 e. The molecule has 0 bridgehead atoms. The second kappa shape index (κ2) is 11.3. The maximum absolute atomic E-state index is 13.2. The molecule has 2 N–H and O–H groups in total. The van der Waals surface area contributed by atoms with E-state index >= 15 is 0 Å². The lowest BCUT2D eigenvalue weighted by Gasteiger charge is -2.24. The van der Waals surface area contributed by atoms with Gasteiger partial charge in [0.15, 0.2) is 0 Å². The molecule has 0 aliphatic heterocycles. The molecule has 210 valence electrons. The minimum atomic E-state index is -4.77. The highest BCUT2D eigenvalue weighted by Gasteiger charge is 2.33. The van der Waals surface area contributed by atoms with Crippen LogP contribution in [0.25, 0.3) is 0 Å². The van der Waals surface area contributed by atoms with E-state index in [0.717, 1.165) is 11.6 Å². The maximum Gasteiger partial charge on any atom is 0.416 e. The number of alkyl halides is 3. The number of nitrogens with one attached hydrogen (secondary N) is 2. The van der Waals surface area contributed by atoms with Crippen LogP contribution in [0.15, 0.2) is 65.6 Å². The molecular weight excluding hydrogens is 583 g/mol. The van der Waals surface area contributed by atoms with Crippen LogP contribution in [-0.2, 0) is 31.0 Å². The monoisotopic (exact) mass is 605 g/mol. The molecule has 39 heavy (non-hydrogen) atoms. The zero-order valence-corrected chi connectivity index (χ0v) is 23.1. The molecular formula is C24H23ClF3N3O6S2. The highest BCUT2D eigenvalue weighted by molar-refractivity contribution is 7.92. The number of benzene rings is 3. The van der Waals surface area contributed by atoms with Crippen molar-refractivity contribution in [3.8, 4) is 5.75 Å². The molecule has 3 aromatic carbocycles. The summed E-state index contributed by atoms with van der Waals surface area (Å²) in [6, 6.07) is 12.0. The number of hydrogen-bond donors (Lipinski definition) is 2. The number of methoxy groups -OCH3 is 1. The van der Waals surface area contributed by atoms with Crippen molar-refractivity contribution in [1.29, 1.82) is 0 Å². The van der Waals surface area contributed by atoms with E-state index in [1.807, 2.05) is 0 Å². The average Bonchev–Trinajstić information content (AvgIpc) is 2.82. The lowest BCUT2D eigenvalue weighted by atomic mass is 10.2. The van der Waals surface area contributed by atoms with Gasteiger partial charge >= 0.3 is 6.18 Å². The van der Waals surface area contributed by atoms with E-state index in [1.165, 1.54) is 31.4 Å². The van der Waals surface area contributed by atoms with Gasteiger partial charge in [-0.2, -0.15) is 13.2 Å². The highest BCUT2D eigenvalue weighted by atomic mass is 35.5. The number of nitrogens with zero attached hydrogens (tertiary/aromatic N) is 1. The number of halogens is 4. The summed E-state index contributed by atoms with van der Waals surface area (Å²) in [7, 11) is -6.88. The normalized spacial score (nSPS) is 12.1. The maximum atomic E-state index is 13.2. The first-order chi connectivity index (χ1) is 18.0. The SMILES string of the molecule is COc1ccc(C)cc1NS(=O)(=O)c1ccc(NC(=O)CN(c2cc(C(F)(F)F)ccc2Cl)S(C)(=O)=O)cc1. The fourth-order valence-corrected chi connectivity index (χ4v) is 5.61. The predicted octanol–water partition coefficient (Wildman–Crippen LogP) is 4.88. The van der Waals surface area contributed by atoms with Crippen LogP contribution in [0, 0.1) is 6.92 Å². The Balaban J connectivity index is 1.79. The average molecular weight is 606 g/mol. The predicted molar refractivity (Wildman–Crippen MR) is 142 cm³/mol. The first-order valence-corrected chi connectivity index (χ1v) is 14.6. The van der Waals surface area contributed by atoms with E-state index < -0.39 is 49.9 Å². The Morgan fingerprint density at radius 3 is 2.21 bits per heavy atom. The number of aryl methyl sites for hydroxylation is 1. The number of carbonyl (C=O) groups is 1. The van der Waals surface area contributed by atoms with Gasteiger partial charge in [-0.1, -0.05) is 17.7 Å². The van der Waals surface area contributed by atoms with Crippen molar-refractivity contribution < 1.29 is 39.5 Å². The smallest absolute Gasteiger partial charge is 0.416 e. The van der Waals surface area contributed by atoms with Crippen molar-refractivity contribution in [2.75, 3.05) is 34.3 Å². The topological polar surface area (TPSA) is 122 Å². The Hall–Kier alpha value is -3.49. The van der Waals surface area contributed by atoms with Crippen LogP contribution in [0.2, 0.25) is 5.02 Å². The van der Waals surface area contributed by atoms with Gasteiger partial charge in [0.2, 0.25) is 15.9 Å². The summed E-state index contributed by atoms with van der Waals surface area (Å²) in [5, 5.41) is 2.08. The standard InChI is InChI=1S/C24H23ClF3N3O6S2/c1-15-4-11-22(37-2)20(12-15)30-39(35,36)18-8-6-17(7-9-18)29-23(32)14-31(38(3,33)34)21-13-16(24(26,27)28)5-10-19(21)25/h4-13,30H,14H2,1-3H3,(H,29,32). The molecule has 0 heterocycles. The summed E-state index contributed by atoms with van der Waals surface area (Å²) >= 11 is 5.96. The summed E-state index contributed by atoms with van der Waals surface area (Å²) in [5.74, 6) is -0.600. The Bertz CT molecular complexity index is 1600. The van der Waals surface area contributed by atoms with Gasteiger partial charge in [0.1, 0.15) is 12.3 Å². The Morgan fingerprint density at radius 2 is 1.64 bits per heavy atom. The van der Waals surface area contributed by atoms with Gasteiger partial charge in [-0.15, -0.1) is 0 Å². The van der Waals surface area contributed by atoms with Crippen molar-refractivity contribution in [3.63, 3.8) is 0 Å². The van der Waals surface area contributed by atoms with Crippen molar-refractivity contribution in [3.05, 3.63) is 76.8 Å². The van der Waals surface area contributed by atoms with E-state index in [9.17, 15) is 34.8 Å². The third-order valence-electron chi connectivity index (χ3n) is 5.28. The van der Waals surface area contributed by atoms with E-state index in [1.54, 1.807) is 25.1 Å².